The second kappa shape index (κ2) is 12.7. The van der Waals surface area contributed by atoms with E-state index in [9.17, 15) is 0 Å². The standard InChI is InChI=1S/C12H12N4.C8H9Br.C4H4N4/c1-9-3-2-4-10(5-9)7-16-8-11(6-13)12(14)15-16;1-7-3-2-4-8(5-7)6-9;5-1-3-2-7-8-4(3)6/h2-5,8H,7H2,1H3,(H2,14,15);2-5H,6H2,1H3;2H,(H3,6,7,8). The molecule has 4 aromatic rings. The van der Waals surface area contributed by atoms with E-state index in [1.54, 1.807) is 10.9 Å². The van der Waals surface area contributed by atoms with E-state index in [-0.39, 0.29) is 5.82 Å². The summed E-state index contributed by atoms with van der Waals surface area (Å²) in [6.45, 7) is 4.78. The number of halogens is 1. The molecule has 168 valence electrons. The van der Waals surface area contributed by atoms with Gasteiger partial charge in [-0.2, -0.15) is 20.7 Å². The van der Waals surface area contributed by atoms with Crippen molar-refractivity contribution in [2.45, 2.75) is 25.7 Å². The fraction of sp³-hybridized carbons (Fsp3) is 0.167. The second-order valence-electron chi connectivity index (χ2n) is 7.16. The number of benzene rings is 2. The molecule has 0 aliphatic rings. The molecule has 33 heavy (non-hydrogen) atoms. The maximum absolute atomic E-state index is 8.76. The monoisotopic (exact) mass is 504 g/mol. The summed E-state index contributed by atoms with van der Waals surface area (Å²) >= 11 is 3.39. The van der Waals surface area contributed by atoms with Crippen molar-refractivity contribution in [1.82, 2.24) is 20.0 Å². The second-order valence-corrected chi connectivity index (χ2v) is 7.72. The van der Waals surface area contributed by atoms with Crippen LogP contribution in [0.3, 0.4) is 0 Å². The van der Waals surface area contributed by atoms with Crippen molar-refractivity contribution in [3.63, 3.8) is 0 Å². The molecule has 0 spiro atoms. The third kappa shape index (κ3) is 8.17. The number of aromatic amines is 1. The van der Waals surface area contributed by atoms with Gasteiger partial charge in [0, 0.05) is 11.5 Å². The van der Waals surface area contributed by atoms with Crippen LogP contribution >= 0.6 is 15.9 Å². The quantitative estimate of drug-likeness (QED) is 0.351. The SMILES string of the molecule is Cc1cccc(CBr)c1.Cc1cccc(Cn2cc(C#N)c(N)n2)c1.N#Cc1cn[nH]c1N. The summed E-state index contributed by atoms with van der Waals surface area (Å²) in [7, 11) is 0. The third-order valence-corrected chi connectivity index (χ3v) is 5.01. The number of aromatic nitrogens is 4. The molecule has 0 atom stereocenters. The highest BCUT2D eigenvalue weighted by Crippen LogP contribution is 2.10. The lowest BCUT2D eigenvalue weighted by atomic mass is 10.1. The average Bonchev–Trinajstić information content (AvgIpc) is 3.38. The van der Waals surface area contributed by atoms with Gasteiger partial charge >= 0.3 is 0 Å². The highest BCUT2D eigenvalue weighted by atomic mass is 79.9. The number of nitriles is 2. The van der Waals surface area contributed by atoms with Crippen LogP contribution in [0.4, 0.5) is 11.6 Å². The van der Waals surface area contributed by atoms with Crippen LogP contribution in [0.1, 0.15) is 33.4 Å². The highest BCUT2D eigenvalue weighted by molar-refractivity contribution is 9.08. The molecule has 2 heterocycles. The maximum Gasteiger partial charge on any atom is 0.163 e. The molecule has 0 aliphatic carbocycles. The molecule has 0 aliphatic heterocycles. The summed E-state index contributed by atoms with van der Waals surface area (Å²) < 4.78 is 1.68. The van der Waals surface area contributed by atoms with E-state index in [4.69, 9.17) is 22.0 Å². The smallest absolute Gasteiger partial charge is 0.163 e. The minimum Gasteiger partial charge on any atom is -0.383 e. The van der Waals surface area contributed by atoms with Crippen molar-refractivity contribution >= 4 is 27.6 Å². The van der Waals surface area contributed by atoms with Gasteiger partial charge in [-0.25, -0.2) is 0 Å². The number of H-pyrrole nitrogens is 1. The molecule has 8 nitrogen and oxygen atoms in total. The first-order chi connectivity index (χ1) is 15.9. The number of nitrogens with two attached hydrogens (primary N) is 2. The molecule has 0 amide bonds. The predicted octanol–water partition coefficient (Wildman–Crippen LogP) is 4.45. The Hall–Kier alpha value is -4.08. The Morgan fingerprint density at radius 1 is 0.970 bits per heavy atom. The van der Waals surface area contributed by atoms with Crippen LogP contribution in [0.5, 0.6) is 0 Å². The van der Waals surface area contributed by atoms with Gasteiger partial charge in [0.05, 0.1) is 12.7 Å². The van der Waals surface area contributed by atoms with Crippen LogP contribution < -0.4 is 11.5 Å². The van der Waals surface area contributed by atoms with Crippen LogP contribution in [0.15, 0.2) is 60.9 Å². The summed E-state index contributed by atoms with van der Waals surface area (Å²) in [5, 5.41) is 28.0. The van der Waals surface area contributed by atoms with E-state index in [0.717, 1.165) is 10.9 Å². The number of nitrogens with one attached hydrogen (secondary N) is 1. The fourth-order valence-electron chi connectivity index (χ4n) is 2.78. The zero-order valence-corrected chi connectivity index (χ0v) is 20.0. The summed E-state index contributed by atoms with van der Waals surface area (Å²) in [5.74, 6) is 0.614. The van der Waals surface area contributed by atoms with Crippen LogP contribution in [0, 0.1) is 36.5 Å². The number of alkyl halides is 1. The molecule has 2 aromatic carbocycles. The van der Waals surface area contributed by atoms with E-state index >= 15 is 0 Å². The minimum absolute atomic E-state index is 0.287. The number of hydrogen-bond acceptors (Lipinski definition) is 6. The molecule has 2 aromatic heterocycles. The topological polar surface area (TPSA) is 146 Å². The Morgan fingerprint density at radius 3 is 2.00 bits per heavy atom. The van der Waals surface area contributed by atoms with Gasteiger partial charge in [0.1, 0.15) is 29.1 Å². The van der Waals surface area contributed by atoms with Gasteiger partial charge in [0.15, 0.2) is 5.82 Å². The first-order valence-electron chi connectivity index (χ1n) is 9.95. The molecule has 4 rings (SSSR count). The summed E-state index contributed by atoms with van der Waals surface area (Å²) in [6, 6.07) is 20.5. The van der Waals surface area contributed by atoms with E-state index < -0.39 is 0 Å². The molecule has 0 fully saturated rings. The molecule has 0 saturated heterocycles. The van der Waals surface area contributed by atoms with Gasteiger partial charge in [-0.1, -0.05) is 75.6 Å². The summed E-state index contributed by atoms with van der Waals surface area (Å²) in [6.07, 6.45) is 3.05. The van der Waals surface area contributed by atoms with Crippen molar-refractivity contribution in [3.8, 4) is 12.1 Å². The first kappa shape index (κ1) is 25.2. The number of nitrogens with zero attached hydrogens (tertiary/aromatic N) is 5. The van der Waals surface area contributed by atoms with Crippen molar-refractivity contribution in [3.05, 3.63) is 94.3 Å². The van der Waals surface area contributed by atoms with Crippen molar-refractivity contribution in [2.75, 3.05) is 11.5 Å². The number of hydrogen-bond donors (Lipinski definition) is 3. The molecular weight excluding hydrogens is 480 g/mol. The van der Waals surface area contributed by atoms with E-state index in [2.05, 4.69) is 68.5 Å². The molecule has 9 heteroatoms. The fourth-order valence-corrected chi connectivity index (χ4v) is 3.13. The Morgan fingerprint density at radius 2 is 1.58 bits per heavy atom. The lowest BCUT2D eigenvalue weighted by molar-refractivity contribution is 0.689. The molecule has 0 radical (unpaired) electrons. The Labute approximate surface area is 201 Å². The van der Waals surface area contributed by atoms with Crippen LogP contribution in [-0.4, -0.2) is 20.0 Å². The molecule has 0 saturated carbocycles. The van der Waals surface area contributed by atoms with Gasteiger partial charge in [0.2, 0.25) is 0 Å². The van der Waals surface area contributed by atoms with Crippen molar-refractivity contribution in [2.24, 2.45) is 0 Å². The predicted molar refractivity (Wildman–Crippen MR) is 133 cm³/mol. The lowest BCUT2D eigenvalue weighted by Gasteiger charge is -2.02. The number of aryl methyl sites for hydroxylation is 2. The maximum atomic E-state index is 8.76. The number of rotatable bonds is 3. The van der Waals surface area contributed by atoms with Crippen LogP contribution in [-0.2, 0) is 11.9 Å². The van der Waals surface area contributed by atoms with Crippen molar-refractivity contribution < 1.29 is 0 Å². The van der Waals surface area contributed by atoms with Crippen LogP contribution in [0.2, 0.25) is 0 Å². The van der Waals surface area contributed by atoms with Gasteiger partial charge < -0.3 is 11.5 Å². The summed E-state index contributed by atoms with van der Waals surface area (Å²) in [5.41, 5.74) is 16.6. The van der Waals surface area contributed by atoms with E-state index in [1.165, 1.54) is 22.9 Å². The lowest BCUT2D eigenvalue weighted by Crippen LogP contribution is -2.01. The molecule has 5 N–H and O–H groups in total. The van der Waals surface area contributed by atoms with Gasteiger partial charge in [-0.15, -0.1) is 0 Å². The largest absolute Gasteiger partial charge is 0.383 e. The van der Waals surface area contributed by atoms with E-state index in [0.29, 0.717) is 23.5 Å². The Bertz CT molecular complexity index is 1260. The van der Waals surface area contributed by atoms with E-state index in [1.807, 2.05) is 37.3 Å². The molecule has 0 bridgehead atoms. The zero-order chi connectivity index (χ0) is 24.2. The minimum atomic E-state index is 0.287. The summed E-state index contributed by atoms with van der Waals surface area (Å²) in [4.78, 5) is 0. The molecular formula is C24H25BrN8. The number of nitrogen functional groups attached to an aromatic ring is 2. The van der Waals surface area contributed by atoms with Gasteiger partial charge in [-0.05, 0) is 25.0 Å². The normalized spacial score (nSPS) is 9.48. The van der Waals surface area contributed by atoms with Crippen LogP contribution in [0.25, 0.3) is 0 Å². The first-order valence-corrected chi connectivity index (χ1v) is 11.1. The Balaban J connectivity index is 0.000000192. The van der Waals surface area contributed by atoms with Gasteiger partial charge in [-0.3, -0.25) is 9.78 Å². The number of anilines is 2. The third-order valence-electron chi connectivity index (χ3n) is 4.36. The average molecular weight is 505 g/mol. The molecule has 0 unspecified atom stereocenters. The van der Waals surface area contributed by atoms with Crippen molar-refractivity contribution in [1.29, 1.82) is 10.5 Å². The zero-order valence-electron chi connectivity index (χ0n) is 18.5. The Kier molecular flexibility index (Phi) is 9.69. The van der Waals surface area contributed by atoms with Gasteiger partial charge in [0.25, 0.3) is 0 Å². The highest BCUT2D eigenvalue weighted by Gasteiger charge is 2.04.